The molecular weight excluding hydrogens is 242 g/mol. The van der Waals surface area contributed by atoms with E-state index in [4.69, 9.17) is 9.47 Å². The monoisotopic (exact) mass is 259 g/mol. The van der Waals surface area contributed by atoms with E-state index in [2.05, 4.69) is 27.2 Å². The highest BCUT2D eigenvalue weighted by atomic mass is 16.5. The molecule has 100 valence electrons. The molecule has 1 saturated heterocycles. The van der Waals surface area contributed by atoms with Gasteiger partial charge in [0.25, 0.3) is 0 Å². The van der Waals surface area contributed by atoms with E-state index in [0.717, 1.165) is 29.7 Å². The van der Waals surface area contributed by atoms with Crippen molar-refractivity contribution in [3.8, 4) is 0 Å². The zero-order chi connectivity index (χ0) is 13.1. The highest BCUT2D eigenvalue weighted by molar-refractivity contribution is 5.91. The number of nitrogens with zero attached hydrogens (tertiary/aromatic N) is 3. The predicted molar refractivity (Wildman–Crippen MR) is 73.4 cm³/mol. The van der Waals surface area contributed by atoms with Gasteiger partial charge in [0, 0.05) is 31.0 Å². The first-order valence-corrected chi connectivity index (χ1v) is 6.44. The van der Waals surface area contributed by atoms with Crippen molar-refractivity contribution in [3.05, 3.63) is 30.5 Å². The standard InChI is InChI=1S/C14H17N3O2/c1-18-10-12-9-17(6-7-19-12)14-13-5-3-2-4-11(13)8-15-16-14/h2-5,8,12H,6-7,9-10H2,1H3/t12-/m1/s1. The predicted octanol–water partition coefficient (Wildman–Crippen LogP) is 1.48. The Kier molecular flexibility index (Phi) is 3.57. The maximum absolute atomic E-state index is 5.67. The van der Waals surface area contributed by atoms with Crippen LogP contribution in [0.3, 0.4) is 0 Å². The van der Waals surface area contributed by atoms with Crippen molar-refractivity contribution in [3.63, 3.8) is 0 Å². The summed E-state index contributed by atoms with van der Waals surface area (Å²) in [6.45, 7) is 2.92. The van der Waals surface area contributed by atoms with E-state index in [1.54, 1.807) is 13.3 Å². The minimum Gasteiger partial charge on any atom is -0.382 e. The zero-order valence-electron chi connectivity index (χ0n) is 11.0. The molecule has 1 fully saturated rings. The fourth-order valence-corrected chi connectivity index (χ4v) is 2.44. The fraction of sp³-hybridized carbons (Fsp3) is 0.429. The molecule has 3 rings (SSSR count). The first kappa shape index (κ1) is 12.3. The van der Waals surface area contributed by atoms with Crippen LogP contribution in [-0.2, 0) is 9.47 Å². The summed E-state index contributed by atoms with van der Waals surface area (Å²) in [5.74, 6) is 0.933. The number of benzene rings is 1. The Balaban J connectivity index is 1.91. The number of hydrogen-bond donors (Lipinski definition) is 0. The molecule has 0 amide bonds. The Hall–Kier alpha value is -1.72. The molecule has 0 unspecified atom stereocenters. The van der Waals surface area contributed by atoms with Gasteiger partial charge in [-0.1, -0.05) is 24.3 Å². The minimum absolute atomic E-state index is 0.0968. The molecule has 2 heterocycles. The van der Waals surface area contributed by atoms with Crippen molar-refractivity contribution >= 4 is 16.6 Å². The Labute approximate surface area is 112 Å². The van der Waals surface area contributed by atoms with Gasteiger partial charge in [-0.15, -0.1) is 5.10 Å². The summed E-state index contributed by atoms with van der Waals surface area (Å²) < 4.78 is 10.8. The maximum atomic E-state index is 5.67. The third-order valence-corrected chi connectivity index (χ3v) is 3.34. The van der Waals surface area contributed by atoms with Crippen molar-refractivity contribution < 1.29 is 9.47 Å². The fourth-order valence-electron chi connectivity index (χ4n) is 2.44. The topological polar surface area (TPSA) is 47.5 Å². The summed E-state index contributed by atoms with van der Waals surface area (Å²) in [7, 11) is 1.69. The molecule has 1 atom stereocenters. The van der Waals surface area contributed by atoms with Gasteiger partial charge in [0.15, 0.2) is 5.82 Å². The highest BCUT2D eigenvalue weighted by Crippen LogP contribution is 2.24. The lowest BCUT2D eigenvalue weighted by Gasteiger charge is -2.33. The van der Waals surface area contributed by atoms with Crippen LogP contribution in [0.1, 0.15) is 0 Å². The Bertz CT molecular complexity index is 554. The van der Waals surface area contributed by atoms with E-state index in [-0.39, 0.29) is 6.10 Å². The normalized spacial score (nSPS) is 19.8. The van der Waals surface area contributed by atoms with E-state index >= 15 is 0 Å². The van der Waals surface area contributed by atoms with Crippen LogP contribution in [0.4, 0.5) is 5.82 Å². The summed E-state index contributed by atoms with van der Waals surface area (Å²) in [6.07, 6.45) is 1.89. The van der Waals surface area contributed by atoms with Gasteiger partial charge in [0.05, 0.1) is 25.5 Å². The quantitative estimate of drug-likeness (QED) is 0.835. The Morgan fingerprint density at radius 2 is 2.32 bits per heavy atom. The van der Waals surface area contributed by atoms with Crippen LogP contribution in [0.15, 0.2) is 30.5 Å². The van der Waals surface area contributed by atoms with Gasteiger partial charge in [-0.2, -0.15) is 5.10 Å². The molecule has 19 heavy (non-hydrogen) atoms. The Morgan fingerprint density at radius 1 is 1.42 bits per heavy atom. The van der Waals surface area contributed by atoms with Crippen LogP contribution in [0.2, 0.25) is 0 Å². The first-order chi connectivity index (χ1) is 9.38. The third kappa shape index (κ3) is 2.52. The van der Waals surface area contributed by atoms with E-state index in [1.807, 2.05) is 12.1 Å². The number of anilines is 1. The molecule has 5 nitrogen and oxygen atoms in total. The smallest absolute Gasteiger partial charge is 0.159 e. The van der Waals surface area contributed by atoms with Crippen LogP contribution >= 0.6 is 0 Å². The average Bonchev–Trinajstić information content (AvgIpc) is 2.47. The zero-order valence-corrected chi connectivity index (χ0v) is 11.0. The summed E-state index contributed by atoms with van der Waals surface area (Å²) in [4.78, 5) is 2.22. The first-order valence-electron chi connectivity index (χ1n) is 6.44. The van der Waals surface area contributed by atoms with E-state index in [9.17, 15) is 0 Å². The van der Waals surface area contributed by atoms with Gasteiger partial charge in [-0.05, 0) is 0 Å². The second-order valence-corrected chi connectivity index (χ2v) is 4.65. The summed E-state index contributed by atoms with van der Waals surface area (Å²) in [5, 5.41) is 10.6. The SMILES string of the molecule is COC[C@H]1CN(c2nncc3ccccc23)CCO1. The van der Waals surface area contributed by atoms with Crippen LogP contribution < -0.4 is 4.90 Å². The maximum Gasteiger partial charge on any atom is 0.159 e. The molecule has 0 bridgehead atoms. The Morgan fingerprint density at radius 3 is 3.21 bits per heavy atom. The minimum atomic E-state index is 0.0968. The summed E-state index contributed by atoms with van der Waals surface area (Å²) >= 11 is 0. The molecule has 1 aliphatic rings. The van der Waals surface area contributed by atoms with Gasteiger partial charge in [-0.25, -0.2) is 0 Å². The van der Waals surface area contributed by atoms with Crippen molar-refractivity contribution in [2.45, 2.75) is 6.10 Å². The average molecular weight is 259 g/mol. The van der Waals surface area contributed by atoms with Gasteiger partial charge >= 0.3 is 0 Å². The van der Waals surface area contributed by atoms with E-state index in [1.165, 1.54) is 0 Å². The third-order valence-electron chi connectivity index (χ3n) is 3.34. The van der Waals surface area contributed by atoms with E-state index < -0.39 is 0 Å². The van der Waals surface area contributed by atoms with Crippen LogP contribution in [0.5, 0.6) is 0 Å². The molecule has 0 N–H and O–H groups in total. The molecule has 0 saturated carbocycles. The number of aromatic nitrogens is 2. The molecule has 1 aromatic heterocycles. The van der Waals surface area contributed by atoms with Gasteiger partial charge in [0.1, 0.15) is 0 Å². The lowest BCUT2D eigenvalue weighted by molar-refractivity contribution is -0.0102. The molecule has 1 aliphatic heterocycles. The molecule has 0 aliphatic carbocycles. The molecule has 0 spiro atoms. The molecular formula is C14H17N3O2. The van der Waals surface area contributed by atoms with Crippen molar-refractivity contribution in [1.82, 2.24) is 10.2 Å². The molecule has 0 radical (unpaired) electrons. The lowest BCUT2D eigenvalue weighted by Crippen LogP contribution is -2.44. The van der Waals surface area contributed by atoms with Crippen molar-refractivity contribution in [2.24, 2.45) is 0 Å². The number of rotatable bonds is 3. The van der Waals surface area contributed by atoms with E-state index in [0.29, 0.717) is 13.2 Å². The van der Waals surface area contributed by atoms with Crippen LogP contribution in [-0.4, -0.2) is 49.7 Å². The number of ether oxygens (including phenoxy) is 2. The number of morpholine rings is 1. The van der Waals surface area contributed by atoms with Gasteiger partial charge in [0.2, 0.25) is 0 Å². The molecule has 1 aromatic carbocycles. The number of methoxy groups -OCH3 is 1. The largest absolute Gasteiger partial charge is 0.382 e. The lowest BCUT2D eigenvalue weighted by atomic mass is 10.1. The number of hydrogen-bond acceptors (Lipinski definition) is 5. The van der Waals surface area contributed by atoms with Crippen molar-refractivity contribution in [2.75, 3.05) is 38.3 Å². The highest BCUT2D eigenvalue weighted by Gasteiger charge is 2.22. The second kappa shape index (κ2) is 5.50. The van der Waals surface area contributed by atoms with Gasteiger partial charge in [-0.3, -0.25) is 0 Å². The van der Waals surface area contributed by atoms with Crippen LogP contribution in [0.25, 0.3) is 10.8 Å². The molecule has 5 heteroatoms. The summed E-state index contributed by atoms with van der Waals surface area (Å²) in [5.41, 5.74) is 0. The number of fused-ring (bicyclic) bond motifs is 1. The van der Waals surface area contributed by atoms with Gasteiger partial charge < -0.3 is 14.4 Å². The van der Waals surface area contributed by atoms with Crippen molar-refractivity contribution in [1.29, 1.82) is 0 Å². The summed E-state index contributed by atoms with van der Waals surface area (Å²) in [6, 6.07) is 8.18. The second-order valence-electron chi connectivity index (χ2n) is 4.65. The molecule has 2 aromatic rings. The van der Waals surface area contributed by atoms with Crippen LogP contribution in [0, 0.1) is 0 Å².